The van der Waals surface area contributed by atoms with Gasteiger partial charge in [0.15, 0.2) is 0 Å². The van der Waals surface area contributed by atoms with Gasteiger partial charge >= 0.3 is 5.97 Å². The van der Waals surface area contributed by atoms with Crippen LogP contribution in [0.25, 0.3) is 0 Å². The van der Waals surface area contributed by atoms with Gasteiger partial charge in [0.2, 0.25) is 5.91 Å². The first kappa shape index (κ1) is 17.6. The van der Waals surface area contributed by atoms with Crippen molar-refractivity contribution in [2.45, 2.75) is 38.1 Å². The standard InChI is InChI=1S/C15H16F2N2O3/c16-11-6-5-10(12(17)9-11)8-14(20)19-13(15(21)22)4-2-1-3-7-18/h5-6,9,13H,1-4,8H2,(H,19,20)(H,21,22)/t13-/m1/s1. The fraction of sp³-hybridized carbons (Fsp3) is 0.400. The zero-order valence-corrected chi connectivity index (χ0v) is 11.8. The van der Waals surface area contributed by atoms with E-state index < -0.39 is 29.6 Å². The zero-order chi connectivity index (χ0) is 16.5. The maximum atomic E-state index is 13.4. The molecule has 0 radical (unpaired) electrons. The summed E-state index contributed by atoms with van der Waals surface area (Å²) in [7, 11) is 0. The highest BCUT2D eigenvalue weighted by Crippen LogP contribution is 2.11. The van der Waals surface area contributed by atoms with Crippen molar-refractivity contribution in [3.8, 4) is 6.07 Å². The lowest BCUT2D eigenvalue weighted by molar-refractivity contribution is -0.142. The average molecular weight is 310 g/mol. The molecule has 118 valence electrons. The Bertz CT molecular complexity index is 585. The molecule has 22 heavy (non-hydrogen) atoms. The van der Waals surface area contributed by atoms with E-state index in [2.05, 4.69) is 5.32 Å². The molecule has 1 amide bonds. The van der Waals surface area contributed by atoms with Crippen LogP contribution in [-0.4, -0.2) is 23.0 Å². The molecule has 0 aliphatic carbocycles. The summed E-state index contributed by atoms with van der Waals surface area (Å²) in [5.41, 5.74) is -0.00693. The van der Waals surface area contributed by atoms with Crippen LogP contribution >= 0.6 is 0 Å². The van der Waals surface area contributed by atoms with Crippen LogP contribution in [0.15, 0.2) is 18.2 Å². The molecule has 0 aliphatic heterocycles. The second kappa shape index (κ2) is 8.72. The number of benzene rings is 1. The van der Waals surface area contributed by atoms with E-state index in [4.69, 9.17) is 10.4 Å². The molecule has 5 nitrogen and oxygen atoms in total. The molecule has 0 saturated carbocycles. The normalized spacial score (nSPS) is 11.5. The van der Waals surface area contributed by atoms with Gasteiger partial charge in [-0.1, -0.05) is 6.07 Å². The minimum Gasteiger partial charge on any atom is -0.480 e. The summed E-state index contributed by atoms with van der Waals surface area (Å²) in [5.74, 6) is -3.44. The fourth-order valence-electron chi connectivity index (χ4n) is 1.89. The largest absolute Gasteiger partial charge is 0.480 e. The minimum absolute atomic E-state index is 0.00693. The second-order valence-electron chi connectivity index (χ2n) is 4.77. The van der Waals surface area contributed by atoms with Crippen molar-refractivity contribution in [3.05, 3.63) is 35.4 Å². The molecule has 0 saturated heterocycles. The molecular formula is C15H16F2N2O3. The number of hydrogen-bond acceptors (Lipinski definition) is 3. The van der Waals surface area contributed by atoms with Crippen molar-refractivity contribution in [2.24, 2.45) is 0 Å². The van der Waals surface area contributed by atoms with Crippen molar-refractivity contribution in [2.75, 3.05) is 0 Å². The van der Waals surface area contributed by atoms with Gasteiger partial charge in [0.1, 0.15) is 17.7 Å². The number of nitriles is 1. The summed E-state index contributed by atoms with van der Waals surface area (Å²) in [4.78, 5) is 22.8. The van der Waals surface area contributed by atoms with Crippen molar-refractivity contribution >= 4 is 11.9 Å². The van der Waals surface area contributed by atoms with Crippen LogP contribution in [0.4, 0.5) is 8.78 Å². The van der Waals surface area contributed by atoms with Crippen molar-refractivity contribution in [1.82, 2.24) is 5.32 Å². The Hall–Kier alpha value is -2.49. The minimum atomic E-state index is -1.19. The zero-order valence-electron chi connectivity index (χ0n) is 11.8. The molecule has 1 aromatic carbocycles. The Morgan fingerprint density at radius 3 is 2.64 bits per heavy atom. The Balaban J connectivity index is 2.56. The highest BCUT2D eigenvalue weighted by Gasteiger charge is 2.20. The average Bonchev–Trinajstić information content (AvgIpc) is 2.45. The Kier molecular flexibility index (Phi) is 6.96. The van der Waals surface area contributed by atoms with E-state index >= 15 is 0 Å². The van der Waals surface area contributed by atoms with E-state index in [0.717, 1.165) is 12.1 Å². The highest BCUT2D eigenvalue weighted by molar-refractivity contribution is 5.84. The summed E-state index contributed by atoms with van der Waals surface area (Å²) in [5, 5.41) is 19.7. The first-order valence-corrected chi connectivity index (χ1v) is 6.77. The van der Waals surface area contributed by atoms with Gasteiger partial charge in [-0.3, -0.25) is 4.79 Å². The van der Waals surface area contributed by atoms with Gasteiger partial charge in [-0.2, -0.15) is 5.26 Å². The number of unbranched alkanes of at least 4 members (excludes halogenated alkanes) is 2. The van der Waals surface area contributed by atoms with E-state index in [1.807, 2.05) is 6.07 Å². The molecule has 0 aliphatic rings. The smallest absolute Gasteiger partial charge is 0.326 e. The predicted molar refractivity (Wildman–Crippen MR) is 73.7 cm³/mol. The van der Waals surface area contributed by atoms with Crippen molar-refractivity contribution in [3.63, 3.8) is 0 Å². The molecule has 2 N–H and O–H groups in total. The molecule has 0 aromatic heterocycles. The van der Waals surface area contributed by atoms with Gasteiger partial charge in [0.05, 0.1) is 12.5 Å². The first-order chi connectivity index (χ1) is 10.4. The van der Waals surface area contributed by atoms with E-state index in [0.29, 0.717) is 25.3 Å². The van der Waals surface area contributed by atoms with Crippen LogP contribution in [-0.2, 0) is 16.0 Å². The summed E-state index contributed by atoms with van der Waals surface area (Å²) in [6, 6.07) is 3.70. The van der Waals surface area contributed by atoms with E-state index in [9.17, 15) is 18.4 Å². The Morgan fingerprint density at radius 2 is 2.05 bits per heavy atom. The Labute approximate surface area is 126 Å². The topological polar surface area (TPSA) is 90.2 Å². The molecule has 1 rings (SSSR count). The summed E-state index contributed by atoms with van der Waals surface area (Å²) < 4.78 is 26.2. The highest BCUT2D eigenvalue weighted by atomic mass is 19.1. The number of rotatable bonds is 8. The van der Waals surface area contributed by atoms with Crippen molar-refractivity contribution < 1.29 is 23.5 Å². The van der Waals surface area contributed by atoms with Gasteiger partial charge in [-0.15, -0.1) is 0 Å². The number of aliphatic carboxylic acids is 1. The van der Waals surface area contributed by atoms with E-state index in [1.165, 1.54) is 0 Å². The van der Waals surface area contributed by atoms with E-state index in [1.54, 1.807) is 0 Å². The number of carbonyl (C=O) groups excluding carboxylic acids is 1. The number of nitrogens with one attached hydrogen (secondary N) is 1. The molecule has 0 fully saturated rings. The summed E-state index contributed by atoms with van der Waals surface area (Å²) >= 11 is 0. The maximum absolute atomic E-state index is 13.4. The SMILES string of the molecule is N#CCCCC[C@@H](NC(=O)Cc1ccc(F)cc1F)C(=O)O. The molecule has 1 atom stereocenters. The third-order valence-corrected chi connectivity index (χ3v) is 3.03. The number of halogens is 2. The number of hydrogen-bond donors (Lipinski definition) is 2. The van der Waals surface area contributed by atoms with Gasteiger partial charge in [-0.05, 0) is 30.9 Å². The number of carbonyl (C=O) groups is 2. The third-order valence-electron chi connectivity index (χ3n) is 3.03. The van der Waals surface area contributed by atoms with Crippen LogP contribution in [0.1, 0.15) is 31.2 Å². The van der Waals surface area contributed by atoms with E-state index in [-0.39, 0.29) is 18.4 Å². The van der Waals surface area contributed by atoms with Crippen LogP contribution < -0.4 is 5.32 Å². The van der Waals surface area contributed by atoms with Crippen LogP contribution in [0, 0.1) is 23.0 Å². The molecule has 7 heteroatoms. The van der Waals surface area contributed by atoms with Gasteiger partial charge in [0.25, 0.3) is 0 Å². The number of carboxylic acids is 1. The Morgan fingerprint density at radius 1 is 1.32 bits per heavy atom. The van der Waals surface area contributed by atoms with Gasteiger partial charge in [0, 0.05) is 12.5 Å². The number of nitrogens with zero attached hydrogens (tertiary/aromatic N) is 1. The monoisotopic (exact) mass is 310 g/mol. The molecule has 1 aromatic rings. The van der Waals surface area contributed by atoms with Crippen LogP contribution in [0.3, 0.4) is 0 Å². The fourth-order valence-corrected chi connectivity index (χ4v) is 1.89. The lowest BCUT2D eigenvalue weighted by atomic mass is 10.1. The lowest BCUT2D eigenvalue weighted by Crippen LogP contribution is -2.41. The van der Waals surface area contributed by atoms with Crippen molar-refractivity contribution in [1.29, 1.82) is 5.26 Å². The molecule has 0 unspecified atom stereocenters. The molecule has 0 spiro atoms. The molecule has 0 bridgehead atoms. The quantitative estimate of drug-likeness (QED) is 0.720. The number of amides is 1. The molecule has 0 heterocycles. The predicted octanol–water partition coefficient (Wildman–Crippen LogP) is 2.16. The molecular weight excluding hydrogens is 294 g/mol. The lowest BCUT2D eigenvalue weighted by Gasteiger charge is -2.14. The second-order valence-corrected chi connectivity index (χ2v) is 4.77. The van der Waals surface area contributed by atoms with Gasteiger partial charge < -0.3 is 10.4 Å². The number of carboxylic acid groups (broad SMARTS) is 1. The van der Waals surface area contributed by atoms with Crippen LogP contribution in [0.5, 0.6) is 0 Å². The third kappa shape index (κ3) is 5.87. The summed E-state index contributed by atoms with van der Waals surface area (Å²) in [6.07, 6.45) is 1.17. The maximum Gasteiger partial charge on any atom is 0.326 e. The first-order valence-electron chi connectivity index (χ1n) is 6.77. The van der Waals surface area contributed by atoms with Crippen LogP contribution in [0.2, 0.25) is 0 Å². The van der Waals surface area contributed by atoms with Gasteiger partial charge in [-0.25, -0.2) is 13.6 Å². The summed E-state index contributed by atoms with van der Waals surface area (Å²) in [6.45, 7) is 0.